The normalized spacial score (nSPS) is 16.4. The molecule has 6 heteroatoms. The minimum Gasteiger partial charge on any atom is -0.469 e. The van der Waals surface area contributed by atoms with Crippen LogP contribution in [0.1, 0.15) is 23.2 Å². The van der Waals surface area contributed by atoms with Crippen molar-refractivity contribution in [3.8, 4) is 0 Å². The third-order valence-electron chi connectivity index (χ3n) is 3.15. The first-order valence-electron chi connectivity index (χ1n) is 5.86. The van der Waals surface area contributed by atoms with E-state index < -0.39 is 0 Å². The maximum Gasteiger partial charge on any atom is 0.308 e. The number of esters is 1. The summed E-state index contributed by atoms with van der Waals surface area (Å²) in [6, 6.07) is 1.64. The summed E-state index contributed by atoms with van der Waals surface area (Å²) in [6.45, 7) is 1.14. The fraction of sp³-hybridized carbons (Fsp3) is 0.500. The number of ether oxygens (including phenoxy) is 1. The topological polar surface area (TPSA) is 72.4 Å². The lowest BCUT2D eigenvalue weighted by Gasteiger charge is -2.30. The van der Waals surface area contributed by atoms with Crippen LogP contribution in [0.15, 0.2) is 18.5 Å². The van der Waals surface area contributed by atoms with E-state index in [1.54, 1.807) is 11.0 Å². The monoisotopic (exact) mass is 249 g/mol. The minimum atomic E-state index is -0.187. The summed E-state index contributed by atoms with van der Waals surface area (Å²) in [5, 5.41) is 7.32. The molecule has 0 aliphatic carbocycles. The molecule has 1 fully saturated rings. The average molecular weight is 249 g/mol. The highest BCUT2D eigenvalue weighted by Gasteiger charge is 2.28. The Labute approximate surface area is 105 Å². The molecular formula is C12H15N3O3. The van der Waals surface area contributed by atoms with Crippen LogP contribution < -0.4 is 0 Å². The van der Waals surface area contributed by atoms with Crippen molar-refractivity contribution in [2.45, 2.75) is 12.8 Å². The minimum absolute atomic E-state index is 0.0618. The van der Waals surface area contributed by atoms with Gasteiger partial charge in [0.25, 0.3) is 5.91 Å². The van der Waals surface area contributed by atoms with Gasteiger partial charge >= 0.3 is 5.97 Å². The van der Waals surface area contributed by atoms with Gasteiger partial charge in [-0.05, 0) is 18.9 Å². The number of likely N-dealkylation sites (tertiary alicyclic amines) is 1. The Morgan fingerprint density at radius 1 is 1.33 bits per heavy atom. The Kier molecular flexibility index (Phi) is 3.86. The van der Waals surface area contributed by atoms with Gasteiger partial charge in [0.05, 0.1) is 31.0 Å². The second kappa shape index (κ2) is 5.57. The van der Waals surface area contributed by atoms with Crippen molar-refractivity contribution in [3.63, 3.8) is 0 Å². The molecule has 0 radical (unpaired) electrons. The van der Waals surface area contributed by atoms with Crippen LogP contribution in [0.4, 0.5) is 0 Å². The smallest absolute Gasteiger partial charge is 0.308 e. The van der Waals surface area contributed by atoms with E-state index in [1.807, 2.05) is 0 Å². The van der Waals surface area contributed by atoms with Crippen molar-refractivity contribution in [2.24, 2.45) is 5.92 Å². The van der Waals surface area contributed by atoms with E-state index in [4.69, 9.17) is 4.74 Å². The lowest BCUT2D eigenvalue weighted by Crippen LogP contribution is -2.40. The van der Waals surface area contributed by atoms with E-state index in [9.17, 15) is 9.59 Å². The van der Waals surface area contributed by atoms with Gasteiger partial charge in [-0.15, -0.1) is 0 Å². The second-order valence-electron chi connectivity index (χ2n) is 4.22. The van der Waals surface area contributed by atoms with Gasteiger partial charge in [0, 0.05) is 13.1 Å². The predicted molar refractivity (Wildman–Crippen MR) is 62.7 cm³/mol. The molecule has 6 nitrogen and oxygen atoms in total. The zero-order valence-corrected chi connectivity index (χ0v) is 10.2. The highest BCUT2D eigenvalue weighted by molar-refractivity contribution is 5.93. The summed E-state index contributed by atoms with van der Waals surface area (Å²) < 4.78 is 4.71. The lowest BCUT2D eigenvalue weighted by atomic mass is 9.96. The molecule has 0 bridgehead atoms. The summed E-state index contributed by atoms with van der Waals surface area (Å²) >= 11 is 0. The number of carbonyl (C=O) groups excluding carboxylic acids is 2. The molecule has 1 aromatic heterocycles. The van der Waals surface area contributed by atoms with Crippen molar-refractivity contribution in [1.82, 2.24) is 15.1 Å². The Balaban J connectivity index is 1.94. The number of hydrogen-bond acceptors (Lipinski definition) is 5. The van der Waals surface area contributed by atoms with E-state index in [-0.39, 0.29) is 17.8 Å². The number of methoxy groups -OCH3 is 1. The first-order chi connectivity index (χ1) is 8.72. The van der Waals surface area contributed by atoms with Gasteiger partial charge in [-0.2, -0.15) is 10.2 Å². The van der Waals surface area contributed by atoms with Crippen molar-refractivity contribution in [1.29, 1.82) is 0 Å². The first kappa shape index (κ1) is 12.5. The van der Waals surface area contributed by atoms with Gasteiger partial charge in [0.15, 0.2) is 0 Å². The molecule has 2 heterocycles. The van der Waals surface area contributed by atoms with Crippen LogP contribution >= 0.6 is 0 Å². The lowest BCUT2D eigenvalue weighted by molar-refractivity contribution is -0.146. The van der Waals surface area contributed by atoms with Gasteiger partial charge in [0.1, 0.15) is 0 Å². The van der Waals surface area contributed by atoms with Crippen LogP contribution in [0.5, 0.6) is 0 Å². The molecule has 1 aliphatic rings. The molecule has 1 aromatic rings. The van der Waals surface area contributed by atoms with Gasteiger partial charge in [-0.25, -0.2) is 0 Å². The number of rotatable bonds is 2. The molecule has 1 amide bonds. The Morgan fingerprint density at radius 3 is 2.61 bits per heavy atom. The first-order valence-corrected chi connectivity index (χ1v) is 5.86. The number of hydrogen-bond donors (Lipinski definition) is 0. The van der Waals surface area contributed by atoms with Crippen LogP contribution in [-0.4, -0.2) is 47.2 Å². The number of amides is 1. The fourth-order valence-electron chi connectivity index (χ4n) is 2.08. The van der Waals surface area contributed by atoms with Gasteiger partial charge in [-0.3, -0.25) is 9.59 Å². The van der Waals surface area contributed by atoms with Gasteiger partial charge < -0.3 is 9.64 Å². The predicted octanol–water partition coefficient (Wildman–Crippen LogP) is 0.502. The van der Waals surface area contributed by atoms with E-state index in [2.05, 4.69) is 10.2 Å². The zero-order chi connectivity index (χ0) is 13.0. The third kappa shape index (κ3) is 2.64. The molecule has 2 rings (SSSR count). The fourth-order valence-corrected chi connectivity index (χ4v) is 2.08. The van der Waals surface area contributed by atoms with Crippen molar-refractivity contribution in [3.05, 3.63) is 24.0 Å². The molecule has 1 aliphatic heterocycles. The zero-order valence-electron chi connectivity index (χ0n) is 10.2. The van der Waals surface area contributed by atoms with E-state index >= 15 is 0 Å². The molecular weight excluding hydrogens is 234 g/mol. The van der Waals surface area contributed by atoms with Crippen LogP contribution in [0.2, 0.25) is 0 Å². The van der Waals surface area contributed by atoms with Gasteiger partial charge in [-0.1, -0.05) is 0 Å². The van der Waals surface area contributed by atoms with E-state index in [0.717, 1.165) is 0 Å². The molecule has 0 atom stereocenters. The number of piperidine rings is 1. The molecule has 0 saturated carbocycles. The number of aromatic nitrogens is 2. The van der Waals surface area contributed by atoms with E-state index in [0.29, 0.717) is 31.5 Å². The quantitative estimate of drug-likeness (QED) is 0.714. The molecule has 18 heavy (non-hydrogen) atoms. The summed E-state index contributed by atoms with van der Waals surface area (Å²) in [6.07, 6.45) is 4.25. The number of nitrogens with zero attached hydrogens (tertiary/aromatic N) is 3. The standard InChI is InChI=1S/C12H15N3O3/c1-18-12(17)9-3-6-15(7-4-9)11(16)10-2-5-13-14-8-10/h2,5,8-9H,3-4,6-7H2,1H3. The highest BCUT2D eigenvalue weighted by atomic mass is 16.5. The largest absolute Gasteiger partial charge is 0.469 e. The highest BCUT2D eigenvalue weighted by Crippen LogP contribution is 2.19. The molecule has 0 spiro atoms. The number of carbonyl (C=O) groups is 2. The SMILES string of the molecule is COC(=O)C1CCN(C(=O)c2ccnnc2)CC1. The summed E-state index contributed by atoms with van der Waals surface area (Å²) in [7, 11) is 1.39. The van der Waals surface area contributed by atoms with Gasteiger partial charge in [0.2, 0.25) is 0 Å². The molecule has 96 valence electrons. The summed E-state index contributed by atoms with van der Waals surface area (Å²) in [5.74, 6) is -0.337. The van der Waals surface area contributed by atoms with Crippen LogP contribution in [0.3, 0.4) is 0 Å². The van der Waals surface area contributed by atoms with Crippen LogP contribution in [-0.2, 0) is 9.53 Å². The second-order valence-corrected chi connectivity index (χ2v) is 4.22. The average Bonchev–Trinajstić information content (AvgIpc) is 2.47. The van der Waals surface area contributed by atoms with Crippen LogP contribution in [0, 0.1) is 5.92 Å². The van der Waals surface area contributed by atoms with Crippen molar-refractivity contribution in [2.75, 3.05) is 20.2 Å². The Hall–Kier alpha value is -1.98. The van der Waals surface area contributed by atoms with Crippen molar-refractivity contribution < 1.29 is 14.3 Å². The van der Waals surface area contributed by atoms with Crippen LogP contribution in [0.25, 0.3) is 0 Å². The molecule has 0 aromatic carbocycles. The molecule has 1 saturated heterocycles. The molecule has 0 N–H and O–H groups in total. The van der Waals surface area contributed by atoms with E-state index in [1.165, 1.54) is 19.5 Å². The maximum atomic E-state index is 12.1. The van der Waals surface area contributed by atoms with Crippen molar-refractivity contribution >= 4 is 11.9 Å². The molecule has 0 unspecified atom stereocenters. The Morgan fingerprint density at radius 2 is 2.06 bits per heavy atom. The summed E-state index contributed by atoms with van der Waals surface area (Å²) in [5.41, 5.74) is 0.529. The third-order valence-corrected chi connectivity index (χ3v) is 3.15. The maximum absolute atomic E-state index is 12.1. The summed E-state index contributed by atoms with van der Waals surface area (Å²) in [4.78, 5) is 25.2. The Bertz CT molecular complexity index is 427.